The first-order valence-electron chi connectivity index (χ1n) is 4.00. The molecule has 0 amide bonds. The SMILES string of the molecule is CCc1cc(O)ccc1SC(F)(F)F. The molecule has 0 spiro atoms. The van der Waals surface area contributed by atoms with E-state index in [4.69, 9.17) is 5.11 Å². The Morgan fingerprint density at radius 3 is 2.50 bits per heavy atom. The first-order valence-corrected chi connectivity index (χ1v) is 4.81. The number of phenols is 1. The highest BCUT2D eigenvalue weighted by Gasteiger charge is 2.30. The van der Waals surface area contributed by atoms with Gasteiger partial charge in [-0.05, 0) is 41.9 Å². The van der Waals surface area contributed by atoms with Gasteiger partial charge in [0.1, 0.15) is 5.75 Å². The summed E-state index contributed by atoms with van der Waals surface area (Å²) in [5, 5.41) is 9.08. The molecule has 1 aromatic carbocycles. The molecule has 1 aromatic rings. The summed E-state index contributed by atoms with van der Waals surface area (Å²) in [4.78, 5) is 0.151. The van der Waals surface area contributed by atoms with Crippen molar-refractivity contribution in [3.8, 4) is 5.75 Å². The Kier molecular flexibility index (Phi) is 3.31. The highest BCUT2D eigenvalue weighted by molar-refractivity contribution is 8.00. The smallest absolute Gasteiger partial charge is 0.446 e. The van der Waals surface area contributed by atoms with Gasteiger partial charge in [-0.15, -0.1) is 0 Å². The molecule has 14 heavy (non-hydrogen) atoms. The molecule has 1 nitrogen and oxygen atoms in total. The van der Waals surface area contributed by atoms with E-state index >= 15 is 0 Å². The van der Waals surface area contributed by atoms with Crippen LogP contribution in [0.3, 0.4) is 0 Å². The summed E-state index contributed by atoms with van der Waals surface area (Å²) < 4.78 is 36.2. The van der Waals surface area contributed by atoms with Crippen LogP contribution in [0.25, 0.3) is 0 Å². The van der Waals surface area contributed by atoms with Crippen LogP contribution >= 0.6 is 11.8 Å². The van der Waals surface area contributed by atoms with Gasteiger partial charge in [0, 0.05) is 4.90 Å². The van der Waals surface area contributed by atoms with Crippen molar-refractivity contribution in [3.63, 3.8) is 0 Å². The average molecular weight is 222 g/mol. The highest BCUT2D eigenvalue weighted by Crippen LogP contribution is 2.39. The van der Waals surface area contributed by atoms with Gasteiger partial charge in [0.25, 0.3) is 0 Å². The maximum atomic E-state index is 12.1. The topological polar surface area (TPSA) is 20.2 Å². The van der Waals surface area contributed by atoms with Gasteiger partial charge in [0.05, 0.1) is 0 Å². The van der Waals surface area contributed by atoms with Crippen molar-refractivity contribution in [2.24, 2.45) is 0 Å². The second-order valence-electron chi connectivity index (χ2n) is 2.69. The summed E-state index contributed by atoms with van der Waals surface area (Å²) >= 11 is -0.150. The molecular formula is C9H9F3OS. The lowest BCUT2D eigenvalue weighted by Gasteiger charge is -2.09. The molecule has 0 aliphatic carbocycles. The number of hydrogen-bond donors (Lipinski definition) is 1. The number of aryl methyl sites for hydroxylation is 1. The molecule has 0 radical (unpaired) electrons. The molecule has 78 valence electrons. The van der Waals surface area contributed by atoms with E-state index in [2.05, 4.69) is 0 Å². The van der Waals surface area contributed by atoms with Gasteiger partial charge in [-0.1, -0.05) is 6.92 Å². The van der Waals surface area contributed by atoms with Crippen molar-refractivity contribution in [2.45, 2.75) is 23.7 Å². The van der Waals surface area contributed by atoms with Crippen LogP contribution in [0.15, 0.2) is 23.1 Å². The van der Waals surface area contributed by atoms with E-state index in [9.17, 15) is 13.2 Å². The molecule has 0 unspecified atom stereocenters. The fourth-order valence-electron chi connectivity index (χ4n) is 1.07. The van der Waals surface area contributed by atoms with Gasteiger partial charge >= 0.3 is 5.51 Å². The molecule has 0 saturated carbocycles. The Hall–Kier alpha value is -0.840. The Morgan fingerprint density at radius 2 is 2.00 bits per heavy atom. The molecule has 0 aliphatic heterocycles. The van der Waals surface area contributed by atoms with Crippen LogP contribution in [-0.4, -0.2) is 10.6 Å². The van der Waals surface area contributed by atoms with Crippen LogP contribution < -0.4 is 0 Å². The summed E-state index contributed by atoms with van der Waals surface area (Å²) in [6, 6.07) is 3.90. The van der Waals surface area contributed by atoms with Gasteiger partial charge in [-0.2, -0.15) is 13.2 Å². The quantitative estimate of drug-likeness (QED) is 0.772. The highest BCUT2D eigenvalue weighted by atomic mass is 32.2. The van der Waals surface area contributed by atoms with Gasteiger partial charge in [0.2, 0.25) is 0 Å². The molecular weight excluding hydrogens is 213 g/mol. The first-order chi connectivity index (χ1) is 6.42. The van der Waals surface area contributed by atoms with Crippen molar-refractivity contribution in [2.75, 3.05) is 0 Å². The van der Waals surface area contributed by atoms with Gasteiger partial charge in [-0.3, -0.25) is 0 Å². The number of alkyl halides is 3. The predicted octanol–water partition coefficient (Wildman–Crippen LogP) is 3.57. The fraction of sp³-hybridized carbons (Fsp3) is 0.333. The summed E-state index contributed by atoms with van der Waals surface area (Å²) in [6.45, 7) is 1.75. The Labute approximate surface area is 83.9 Å². The minimum Gasteiger partial charge on any atom is -0.508 e. The lowest BCUT2D eigenvalue weighted by Crippen LogP contribution is -2.00. The second kappa shape index (κ2) is 4.13. The van der Waals surface area contributed by atoms with E-state index in [1.807, 2.05) is 0 Å². The van der Waals surface area contributed by atoms with Crippen LogP contribution in [-0.2, 0) is 6.42 Å². The van der Waals surface area contributed by atoms with Crippen molar-refractivity contribution in [1.29, 1.82) is 0 Å². The van der Waals surface area contributed by atoms with Crippen LogP contribution in [0, 0.1) is 0 Å². The van der Waals surface area contributed by atoms with E-state index in [-0.39, 0.29) is 22.4 Å². The number of phenolic OH excluding ortho intramolecular Hbond substituents is 1. The Bertz CT molecular complexity index is 322. The maximum absolute atomic E-state index is 12.1. The lowest BCUT2D eigenvalue weighted by molar-refractivity contribution is -0.0328. The summed E-state index contributed by atoms with van der Waals surface area (Å²) in [5.74, 6) is -0.00613. The maximum Gasteiger partial charge on any atom is 0.446 e. The molecule has 0 aliphatic rings. The zero-order chi connectivity index (χ0) is 10.8. The predicted molar refractivity (Wildman–Crippen MR) is 49.4 cm³/mol. The first kappa shape index (κ1) is 11.2. The number of thioether (sulfide) groups is 1. The number of aromatic hydroxyl groups is 1. The molecule has 5 heteroatoms. The van der Waals surface area contributed by atoms with Gasteiger partial charge < -0.3 is 5.11 Å². The molecule has 0 saturated heterocycles. The average Bonchev–Trinajstić information content (AvgIpc) is 2.06. The summed E-state index contributed by atoms with van der Waals surface area (Å²) in [5.41, 5.74) is -3.77. The van der Waals surface area contributed by atoms with Crippen molar-refractivity contribution >= 4 is 11.8 Å². The third-order valence-electron chi connectivity index (χ3n) is 1.65. The molecule has 0 atom stereocenters. The standard InChI is InChI=1S/C9H9F3OS/c1-2-6-5-7(13)3-4-8(6)14-9(10,11)12/h3-5,13H,2H2,1H3. The van der Waals surface area contributed by atoms with Crippen molar-refractivity contribution in [3.05, 3.63) is 23.8 Å². The Balaban J connectivity index is 2.97. The zero-order valence-corrected chi connectivity index (χ0v) is 8.25. The van der Waals surface area contributed by atoms with E-state index < -0.39 is 5.51 Å². The number of rotatable bonds is 2. The van der Waals surface area contributed by atoms with Crippen LogP contribution in [0.2, 0.25) is 0 Å². The molecule has 1 N–H and O–H groups in total. The third-order valence-corrected chi connectivity index (χ3v) is 2.50. The minimum atomic E-state index is -4.28. The number of hydrogen-bond acceptors (Lipinski definition) is 2. The summed E-state index contributed by atoms with van der Waals surface area (Å²) in [6.07, 6.45) is 0.465. The zero-order valence-electron chi connectivity index (χ0n) is 7.43. The molecule has 0 bridgehead atoms. The van der Waals surface area contributed by atoms with Gasteiger partial charge in [0.15, 0.2) is 0 Å². The number of halogens is 3. The van der Waals surface area contributed by atoms with Crippen LogP contribution in [0.5, 0.6) is 5.75 Å². The van der Waals surface area contributed by atoms with Crippen molar-refractivity contribution < 1.29 is 18.3 Å². The monoisotopic (exact) mass is 222 g/mol. The molecule has 0 fully saturated rings. The van der Waals surface area contributed by atoms with Gasteiger partial charge in [-0.25, -0.2) is 0 Å². The second-order valence-corrected chi connectivity index (χ2v) is 3.80. The fourth-order valence-corrected chi connectivity index (χ4v) is 1.79. The minimum absolute atomic E-state index is 0.00613. The van der Waals surface area contributed by atoms with Crippen LogP contribution in [0.1, 0.15) is 12.5 Å². The molecule has 0 heterocycles. The lowest BCUT2D eigenvalue weighted by atomic mass is 10.2. The normalized spacial score (nSPS) is 11.7. The van der Waals surface area contributed by atoms with Crippen molar-refractivity contribution in [1.82, 2.24) is 0 Å². The molecule has 0 aromatic heterocycles. The molecule has 1 rings (SSSR count). The van der Waals surface area contributed by atoms with E-state index in [0.29, 0.717) is 12.0 Å². The van der Waals surface area contributed by atoms with E-state index in [0.717, 1.165) is 0 Å². The van der Waals surface area contributed by atoms with E-state index in [1.54, 1.807) is 6.92 Å². The largest absolute Gasteiger partial charge is 0.508 e. The third kappa shape index (κ3) is 3.14. The number of benzene rings is 1. The van der Waals surface area contributed by atoms with Crippen LogP contribution in [0.4, 0.5) is 13.2 Å². The van der Waals surface area contributed by atoms with E-state index in [1.165, 1.54) is 18.2 Å². The Morgan fingerprint density at radius 1 is 1.36 bits per heavy atom. The summed E-state index contributed by atoms with van der Waals surface area (Å²) in [7, 11) is 0.